The Morgan fingerprint density at radius 3 is 2.21 bits per heavy atom. The molecule has 1 aromatic heterocycles. The van der Waals surface area contributed by atoms with Gasteiger partial charge >= 0.3 is 0 Å². The first kappa shape index (κ1) is 8.56. The van der Waals surface area contributed by atoms with E-state index in [9.17, 15) is 10.2 Å². The van der Waals surface area contributed by atoms with Crippen LogP contribution in [0.5, 0.6) is 11.5 Å². The molecule has 3 heteroatoms. The second-order valence-electron chi connectivity index (χ2n) is 2.91. The lowest BCUT2D eigenvalue weighted by Crippen LogP contribution is -1.81. The van der Waals surface area contributed by atoms with Gasteiger partial charge in [-0.25, -0.2) is 0 Å². The third kappa shape index (κ3) is 1.40. The molecule has 3 nitrogen and oxygen atoms in total. The van der Waals surface area contributed by atoms with Crippen LogP contribution in [0.1, 0.15) is 0 Å². The molecule has 14 heavy (non-hydrogen) atoms. The van der Waals surface area contributed by atoms with E-state index in [1.54, 1.807) is 30.6 Å². The first-order chi connectivity index (χ1) is 6.79. The molecule has 2 aromatic rings. The van der Waals surface area contributed by atoms with Crippen LogP contribution in [0.3, 0.4) is 0 Å². The molecule has 0 aliphatic heterocycles. The van der Waals surface area contributed by atoms with Gasteiger partial charge in [-0.1, -0.05) is 12.1 Å². The quantitative estimate of drug-likeness (QED) is 0.719. The van der Waals surface area contributed by atoms with Gasteiger partial charge in [-0.15, -0.1) is 0 Å². The van der Waals surface area contributed by atoms with E-state index in [1.807, 2.05) is 0 Å². The first-order valence-electron chi connectivity index (χ1n) is 4.20. The van der Waals surface area contributed by atoms with Gasteiger partial charge < -0.3 is 10.2 Å². The molecule has 1 aromatic carbocycles. The van der Waals surface area contributed by atoms with E-state index in [-0.39, 0.29) is 11.5 Å². The fraction of sp³-hybridized carbons (Fsp3) is 0. The standard InChI is InChI=1S/C11H9NO2/c13-9-4-1-5-10(14)11(9)8-3-2-6-12-7-8/h1-7,13-14H. The monoisotopic (exact) mass is 187 g/mol. The predicted molar refractivity (Wildman–Crippen MR) is 53.0 cm³/mol. The molecule has 0 amide bonds. The molecule has 0 bridgehead atoms. The molecule has 0 unspecified atom stereocenters. The summed E-state index contributed by atoms with van der Waals surface area (Å²) in [4.78, 5) is 3.92. The maximum Gasteiger partial charge on any atom is 0.127 e. The molecule has 0 aliphatic rings. The van der Waals surface area contributed by atoms with E-state index in [1.165, 1.54) is 12.1 Å². The van der Waals surface area contributed by atoms with Crippen molar-refractivity contribution in [2.45, 2.75) is 0 Å². The van der Waals surface area contributed by atoms with Crippen LogP contribution in [0, 0.1) is 0 Å². The molecule has 0 aliphatic carbocycles. The van der Waals surface area contributed by atoms with Crippen LogP contribution in [0.15, 0.2) is 42.7 Å². The van der Waals surface area contributed by atoms with Gasteiger partial charge in [0.1, 0.15) is 11.5 Å². The number of nitrogens with zero attached hydrogens (tertiary/aromatic N) is 1. The van der Waals surface area contributed by atoms with E-state index >= 15 is 0 Å². The molecule has 70 valence electrons. The Kier molecular flexibility index (Phi) is 2.07. The minimum absolute atomic E-state index is 0.0537. The molecule has 0 saturated carbocycles. The van der Waals surface area contributed by atoms with Crippen LogP contribution < -0.4 is 0 Å². The fourth-order valence-corrected chi connectivity index (χ4v) is 1.33. The third-order valence-corrected chi connectivity index (χ3v) is 1.97. The van der Waals surface area contributed by atoms with Crippen LogP contribution in [-0.4, -0.2) is 15.2 Å². The number of phenols is 2. The van der Waals surface area contributed by atoms with E-state index < -0.39 is 0 Å². The summed E-state index contributed by atoms with van der Waals surface area (Å²) < 4.78 is 0. The molecule has 0 fully saturated rings. The molecule has 0 spiro atoms. The predicted octanol–water partition coefficient (Wildman–Crippen LogP) is 2.16. The lowest BCUT2D eigenvalue weighted by molar-refractivity contribution is 0.454. The number of hydrogen-bond acceptors (Lipinski definition) is 3. The third-order valence-electron chi connectivity index (χ3n) is 1.97. The van der Waals surface area contributed by atoms with Crippen molar-refractivity contribution in [2.75, 3.05) is 0 Å². The molecule has 0 saturated heterocycles. The Hall–Kier alpha value is -2.03. The topological polar surface area (TPSA) is 53.4 Å². The van der Waals surface area contributed by atoms with Crippen LogP contribution in [0.25, 0.3) is 11.1 Å². The fourth-order valence-electron chi connectivity index (χ4n) is 1.33. The maximum atomic E-state index is 9.56. The summed E-state index contributed by atoms with van der Waals surface area (Å²) in [5.41, 5.74) is 1.11. The van der Waals surface area contributed by atoms with Crippen molar-refractivity contribution in [2.24, 2.45) is 0 Å². The van der Waals surface area contributed by atoms with Gasteiger partial charge in [0.2, 0.25) is 0 Å². The Bertz CT molecular complexity index is 420. The lowest BCUT2D eigenvalue weighted by Gasteiger charge is -2.05. The van der Waals surface area contributed by atoms with Crippen molar-refractivity contribution in [1.82, 2.24) is 4.98 Å². The zero-order valence-corrected chi connectivity index (χ0v) is 7.38. The highest BCUT2D eigenvalue weighted by atomic mass is 16.3. The van der Waals surface area contributed by atoms with E-state index in [0.717, 1.165) is 0 Å². The number of benzene rings is 1. The van der Waals surface area contributed by atoms with Crippen LogP contribution in [-0.2, 0) is 0 Å². The van der Waals surface area contributed by atoms with Gasteiger partial charge in [-0.3, -0.25) is 4.98 Å². The average molecular weight is 187 g/mol. The zero-order chi connectivity index (χ0) is 9.97. The summed E-state index contributed by atoms with van der Waals surface area (Å²) >= 11 is 0. The van der Waals surface area contributed by atoms with Crippen molar-refractivity contribution < 1.29 is 10.2 Å². The lowest BCUT2D eigenvalue weighted by atomic mass is 10.1. The van der Waals surface area contributed by atoms with Crippen molar-refractivity contribution in [3.63, 3.8) is 0 Å². The highest BCUT2D eigenvalue weighted by Crippen LogP contribution is 2.35. The largest absolute Gasteiger partial charge is 0.507 e. The molecular weight excluding hydrogens is 178 g/mol. The molecule has 0 atom stereocenters. The molecule has 0 radical (unpaired) electrons. The minimum Gasteiger partial charge on any atom is -0.507 e. The second kappa shape index (κ2) is 3.38. The van der Waals surface area contributed by atoms with Crippen LogP contribution in [0.4, 0.5) is 0 Å². The summed E-state index contributed by atoms with van der Waals surface area (Å²) in [5, 5.41) is 19.1. The highest BCUT2D eigenvalue weighted by molar-refractivity contribution is 5.75. The molecular formula is C11H9NO2. The number of phenolic OH excluding ortho intramolecular Hbond substituents is 2. The number of aromatic hydroxyl groups is 2. The minimum atomic E-state index is 0.0537. The summed E-state index contributed by atoms with van der Waals surface area (Å²) in [6.45, 7) is 0. The van der Waals surface area contributed by atoms with Gasteiger partial charge in [0, 0.05) is 18.0 Å². The average Bonchev–Trinajstić information content (AvgIpc) is 2.19. The normalized spacial score (nSPS) is 10.0. The molecule has 1 heterocycles. The van der Waals surface area contributed by atoms with Crippen molar-refractivity contribution >= 4 is 0 Å². The number of rotatable bonds is 1. The molecule has 2 N–H and O–H groups in total. The second-order valence-corrected chi connectivity index (χ2v) is 2.91. The van der Waals surface area contributed by atoms with E-state index in [4.69, 9.17) is 0 Å². The Morgan fingerprint density at radius 1 is 0.929 bits per heavy atom. The van der Waals surface area contributed by atoms with Crippen molar-refractivity contribution in [3.8, 4) is 22.6 Å². The number of aromatic nitrogens is 1. The van der Waals surface area contributed by atoms with E-state index in [0.29, 0.717) is 11.1 Å². The summed E-state index contributed by atoms with van der Waals surface area (Å²) in [5.74, 6) is 0.107. The highest BCUT2D eigenvalue weighted by Gasteiger charge is 2.08. The smallest absolute Gasteiger partial charge is 0.127 e. The van der Waals surface area contributed by atoms with Crippen molar-refractivity contribution in [3.05, 3.63) is 42.7 Å². The zero-order valence-electron chi connectivity index (χ0n) is 7.38. The van der Waals surface area contributed by atoms with Gasteiger partial charge in [0.05, 0.1) is 5.56 Å². The number of pyridine rings is 1. The van der Waals surface area contributed by atoms with E-state index in [2.05, 4.69) is 4.98 Å². The van der Waals surface area contributed by atoms with Gasteiger partial charge in [-0.05, 0) is 18.2 Å². The van der Waals surface area contributed by atoms with Gasteiger partial charge in [0.15, 0.2) is 0 Å². The Balaban J connectivity index is 2.63. The summed E-state index contributed by atoms with van der Waals surface area (Å²) in [6, 6.07) is 8.18. The Labute approximate surface area is 81.3 Å². The van der Waals surface area contributed by atoms with Crippen molar-refractivity contribution in [1.29, 1.82) is 0 Å². The van der Waals surface area contributed by atoms with Crippen LogP contribution in [0.2, 0.25) is 0 Å². The number of hydrogen-bond donors (Lipinski definition) is 2. The van der Waals surface area contributed by atoms with Gasteiger partial charge in [-0.2, -0.15) is 0 Å². The SMILES string of the molecule is Oc1cccc(O)c1-c1cccnc1. The van der Waals surface area contributed by atoms with Crippen LogP contribution >= 0.6 is 0 Å². The summed E-state index contributed by atoms with van der Waals surface area (Å²) in [7, 11) is 0. The first-order valence-corrected chi connectivity index (χ1v) is 4.20. The Morgan fingerprint density at radius 2 is 1.64 bits per heavy atom. The maximum absolute atomic E-state index is 9.56. The summed E-state index contributed by atoms with van der Waals surface area (Å²) in [6.07, 6.45) is 3.23. The molecule has 2 rings (SSSR count). The van der Waals surface area contributed by atoms with Gasteiger partial charge in [0.25, 0.3) is 0 Å².